The zero-order valence-electron chi connectivity index (χ0n) is 15.2. The lowest BCUT2D eigenvalue weighted by Gasteiger charge is -2.25. The molecule has 1 aliphatic heterocycles. The van der Waals surface area contributed by atoms with Crippen LogP contribution in [0.2, 0.25) is 0 Å². The van der Waals surface area contributed by atoms with Gasteiger partial charge in [0.1, 0.15) is 6.54 Å². The molecule has 2 aromatic rings. The van der Waals surface area contributed by atoms with Crippen LogP contribution in [0, 0.1) is 0 Å². The van der Waals surface area contributed by atoms with Crippen LogP contribution in [0.3, 0.4) is 0 Å². The van der Waals surface area contributed by atoms with E-state index in [2.05, 4.69) is 41.3 Å². The average molecular weight is 337 g/mol. The van der Waals surface area contributed by atoms with E-state index in [-0.39, 0.29) is 11.8 Å². The molecule has 0 radical (unpaired) electrons. The Bertz CT molecular complexity index is 711. The van der Waals surface area contributed by atoms with Crippen molar-refractivity contribution in [3.05, 3.63) is 59.9 Å². The number of aromatic nitrogens is 1. The predicted octanol–water partition coefficient (Wildman–Crippen LogP) is 5.07. The second-order valence-electron chi connectivity index (χ2n) is 7.01. The highest BCUT2D eigenvalue weighted by Crippen LogP contribution is 2.31. The number of fused-ring (bicyclic) bond motifs is 1. The van der Waals surface area contributed by atoms with E-state index in [0.29, 0.717) is 6.42 Å². The molecule has 1 unspecified atom stereocenters. The molecular weight excluding hydrogens is 308 g/mol. The molecular formula is C22H29N2O+. The summed E-state index contributed by atoms with van der Waals surface area (Å²) in [5, 5.41) is 3.53. The van der Waals surface area contributed by atoms with Crippen LogP contribution in [0.1, 0.15) is 73.8 Å². The number of carbonyl (C=O) groups excluding carboxylic acids is 1. The summed E-state index contributed by atoms with van der Waals surface area (Å²) in [5.74, 6) is 0.227. The van der Waals surface area contributed by atoms with Gasteiger partial charge in [0.15, 0.2) is 18.2 Å². The molecule has 1 atom stereocenters. The highest BCUT2D eigenvalue weighted by atomic mass is 16.1. The minimum Gasteiger partial charge on any atom is -0.377 e. The second-order valence-corrected chi connectivity index (χ2v) is 7.01. The molecule has 0 saturated heterocycles. The van der Waals surface area contributed by atoms with E-state index in [1.165, 1.54) is 44.1 Å². The van der Waals surface area contributed by atoms with Crippen molar-refractivity contribution >= 4 is 11.5 Å². The molecule has 1 aromatic carbocycles. The van der Waals surface area contributed by atoms with E-state index in [1.807, 2.05) is 24.3 Å². The van der Waals surface area contributed by atoms with Crippen molar-refractivity contribution in [2.45, 2.75) is 64.5 Å². The molecule has 3 rings (SSSR count). The first-order valence-corrected chi connectivity index (χ1v) is 9.65. The number of Topliss-reactive ketones (excluding diaryl/α,β-unsaturated/α-hetero) is 1. The van der Waals surface area contributed by atoms with Gasteiger partial charge in [0.25, 0.3) is 0 Å². The smallest absolute Gasteiger partial charge is 0.174 e. The molecule has 3 heteroatoms. The lowest BCUT2D eigenvalue weighted by atomic mass is 9.93. The first kappa shape index (κ1) is 17.7. The topological polar surface area (TPSA) is 33.0 Å². The molecule has 25 heavy (non-hydrogen) atoms. The summed E-state index contributed by atoms with van der Waals surface area (Å²) >= 11 is 0. The molecule has 0 spiro atoms. The van der Waals surface area contributed by atoms with Crippen LogP contribution in [0.25, 0.3) is 0 Å². The van der Waals surface area contributed by atoms with Crippen molar-refractivity contribution in [3.8, 4) is 0 Å². The van der Waals surface area contributed by atoms with Crippen LogP contribution in [-0.4, -0.2) is 5.78 Å². The molecule has 0 fully saturated rings. The zero-order chi connectivity index (χ0) is 17.5. The Morgan fingerprint density at radius 1 is 1.04 bits per heavy atom. The van der Waals surface area contributed by atoms with Gasteiger partial charge in [-0.25, -0.2) is 4.57 Å². The monoisotopic (exact) mass is 337 g/mol. The van der Waals surface area contributed by atoms with Crippen molar-refractivity contribution in [2.75, 3.05) is 5.32 Å². The number of nitrogens with zero attached hydrogens (tertiary/aromatic N) is 1. The molecule has 0 amide bonds. The fourth-order valence-corrected chi connectivity index (χ4v) is 3.55. The molecule has 1 aromatic heterocycles. The molecule has 132 valence electrons. The number of benzene rings is 1. The molecule has 1 aliphatic rings. The maximum atomic E-state index is 12.4. The Kier molecular flexibility index (Phi) is 6.21. The van der Waals surface area contributed by atoms with Gasteiger partial charge >= 0.3 is 0 Å². The third kappa shape index (κ3) is 4.68. The molecule has 0 saturated carbocycles. The summed E-state index contributed by atoms with van der Waals surface area (Å²) in [7, 11) is 0. The summed E-state index contributed by atoms with van der Waals surface area (Å²) in [6.07, 6.45) is 12.7. The zero-order valence-corrected chi connectivity index (χ0v) is 15.2. The molecule has 0 bridgehead atoms. The number of ketones is 1. The first-order valence-electron chi connectivity index (χ1n) is 9.65. The van der Waals surface area contributed by atoms with Crippen LogP contribution in [0.15, 0.2) is 48.8 Å². The Morgan fingerprint density at radius 3 is 2.72 bits per heavy atom. The van der Waals surface area contributed by atoms with Crippen LogP contribution in [0.5, 0.6) is 0 Å². The number of aryl methyl sites for hydroxylation is 1. The Morgan fingerprint density at radius 2 is 1.84 bits per heavy atom. The maximum absolute atomic E-state index is 12.4. The van der Waals surface area contributed by atoms with Gasteiger partial charge in [-0.3, -0.25) is 4.79 Å². The minimum absolute atomic E-state index is 0.0689. The predicted molar refractivity (Wildman–Crippen MR) is 102 cm³/mol. The number of rotatable bonds is 8. The standard InChI is InChI=1S/C22H28N2O/c1-2-3-4-5-6-9-14-24-15-10-11-18(17-24)21-16-22(25)19-12-7-8-13-20(19)23-21/h7-8,10-13,15,17,21H,2-6,9,14,16H2,1H3/p+1. The van der Waals surface area contributed by atoms with Crippen molar-refractivity contribution in [1.29, 1.82) is 0 Å². The van der Waals surface area contributed by atoms with Gasteiger partial charge in [-0.15, -0.1) is 0 Å². The molecule has 2 heterocycles. The van der Waals surface area contributed by atoms with E-state index in [1.54, 1.807) is 0 Å². The number of nitrogens with one attached hydrogen (secondary N) is 1. The third-order valence-electron chi connectivity index (χ3n) is 5.00. The van der Waals surface area contributed by atoms with E-state index >= 15 is 0 Å². The van der Waals surface area contributed by atoms with E-state index in [4.69, 9.17) is 0 Å². The number of hydrogen-bond acceptors (Lipinski definition) is 2. The maximum Gasteiger partial charge on any atom is 0.174 e. The van der Waals surface area contributed by atoms with Gasteiger partial charge < -0.3 is 5.32 Å². The Balaban J connectivity index is 1.59. The van der Waals surface area contributed by atoms with Gasteiger partial charge in [0.2, 0.25) is 0 Å². The Labute approximate surface area is 151 Å². The highest BCUT2D eigenvalue weighted by Gasteiger charge is 2.26. The van der Waals surface area contributed by atoms with Crippen LogP contribution in [0.4, 0.5) is 5.69 Å². The average Bonchev–Trinajstić information content (AvgIpc) is 2.65. The van der Waals surface area contributed by atoms with Crippen LogP contribution in [-0.2, 0) is 6.54 Å². The number of hydrogen-bond donors (Lipinski definition) is 1. The number of carbonyl (C=O) groups is 1. The van der Waals surface area contributed by atoms with Crippen LogP contribution < -0.4 is 9.88 Å². The van der Waals surface area contributed by atoms with E-state index in [9.17, 15) is 4.79 Å². The number of para-hydroxylation sites is 1. The fraction of sp³-hybridized carbons (Fsp3) is 0.455. The van der Waals surface area contributed by atoms with E-state index in [0.717, 1.165) is 17.8 Å². The largest absolute Gasteiger partial charge is 0.377 e. The lowest BCUT2D eigenvalue weighted by molar-refractivity contribution is -0.697. The van der Waals surface area contributed by atoms with Gasteiger partial charge in [0, 0.05) is 35.7 Å². The first-order chi connectivity index (χ1) is 12.3. The summed E-state index contributed by atoms with van der Waals surface area (Å²) in [4.78, 5) is 12.4. The summed E-state index contributed by atoms with van der Waals surface area (Å²) in [6, 6.07) is 12.1. The number of unbranched alkanes of at least 4 members (excludes halogenated alkanes) is 5. The van der Waals surface area contributed by atoms with Crippen molar-refractivity contribution < 1.29 is 9.36 Å². The molecule has 1 N–H and O–H groups in total. The summed E-state index contributed by atoms with van der Waals surface area (Å²) < 4.78 is 2.27. The Hall–Kier alpha value is -2.16. The van der Waals surface area contributed by atoms with E-state index < -0.39 is 0 Å². The molecule has 3 nitrogen and oxygen atoms in total. The van der Waals surface area contributed by atoms with Crippen LogP contribution >= 0.6 is 0 Å². The van der Waals surface area contributed by atoms with Gasteiger partial charge in [-0.2, -0.15) is 0 Å². The third-order valence-corrected chi connectivity index (χ3v) is 5.00. The lowest BCUT2D eigenvalue weighted by Crippen LogP contribution is -2.34. The highest BCUT2D eigenvalue weighted by molar-refractivity contribution is 6.03. The van der Waals surface area contributed by atoms with Crippen molar-refractivity contribution in [3.63, 3.8) is 0 Å². The summed E-state index contributed by atoms with van der Waals surface area (Å²) in [5.41, 5.74) is 2.96. The van der Waals surface area contributed by atoms with Gasteiger partial charge in [-0.05, 0) is 24.6 Å². The number of anilines is 1. The quantitative estimate of drug-likeness (QED) is 0.538. The minimum atomic E-state index is 0.0689. The second kappa shape index (κ2) is 8.80. The fourth-order valence-electron chi connectivity index (χ4n) is 3.55. The summed E-state index contributed by atoms with van der Waals surface area (Å²) in [6.45, 7) is 3.31. The SMILES string of the molecule is CCCCCCCC[n+]1cccc(C2CC(=O)c3ccccc3N2)c1. The number of pyridine rings is 1. The van der Waals surface area contributed by atoms with Gasteiger partial charge in [0.05, 0.1) is 6.04 Å². The molecule has 0 aliphatic carbocycles. The van der Waals surface area contributed by atoms with Gasteiger partial charge in [-0.1, -0.05) is 44.7 Å². The van der Waals surface area contributed by atoms with Crippen molar-refractivity contribution in [1.82, 2.24) is 0 Å². The normalized spacial score (nSPS) is 16.4. The van der Waals surface area contributed by atoms with Crippen molar-refractivity contribution in [2.24, 2.45) is 0 Å².